The smallest absolute Gasteiger partial charge is 0.312 e. The summed E-state index contributed by atoms with van der Waals surface area (Å²) in [5.74, 6) is 0.592. The summed E-state index contributed by atoms with van der Waals surface area (Å²) in [5.41, 5.74) is 7.76. The lowest BCUT2D eigenvalue weighted by Gasteiger charge is -2.54. The van der Waals surface area contributed by atoms with Crippen molar-refractivity contribution < 1.29 is 49.2 Å². The van der Waals surface area contributed by atoms with Crippen LogP contribution in [0.1, 0.15) is 176 Å². The zero-order valence-corrected chi connectivity index (χ0v) is 39.6. The first-order valence-corrected chi connectivity index (χ1v) is 24.0. The van der Waals surface area contributed by atoms with Gasteiger partial charge in [0.25, 0.3) is 0 Å². The van der Waals surface area contributed by atoms with Crippen molar-refractivity contribution in [1.82, 2.24) is 0 Å². The highest BCUT2D eigenvalue weighted by Crippen LogP contribution is 2.59. The molecule has 9 atom stereocenters. The Morgan fingerprint density at radius 2 is 1.16 bits per heavy atom. The molecule has 3 aromatic carbocycles. The van der Waals surface area contributed by atoms with E-state index in [9.17, 15) is 25.1 Å². The Balaban J connectivity index is 0.878. The standard InChI is InChI=1S/C54H74O10/c1-34(2)36-15-19-44-38(27-36)17-21-47-51(44,5)23-11-25-53(47,7)49(57)60-31-41(55)29-46(64-59)43-14-10-9-13-40(43)30-62-63-33-42(56)32-61-50(58)54(8)26-12-24-52(6)45-20-16-37(35(3)4)28-39(45)18-22-48(52)54/h9-10,13-16,19-20,27-28,34-35,41-42,46-48,55-56,59H,11-12,17-18,21-26,29-33H2,1-8H3. The Morgan fingerprint density at radius 3 is 1.66 bits per heavy atom. The Morgan fingerprint density at radius 1 is 0.656 bits per heavy atom. The summed E-state index contributed by atoms with van der Waals surface area (Å²) in [6.45, 7) is 16.8. The molecule has 0 heterocycles. The topological polar surface area (TPSA) is 141 Å². The van der Waals surface area contributed by atoms with Crippen LogP contribution >= 0.6 is 0 Å². The van der Waals surface area contributed by atoms with Crippen molar-refractivity contribution in [1.29, 1.82) is 0 Å². The number of aliphatic hydroxyl groups is 2. The number of aliphatic hydroxyl groups excluding tert-OH is 2. The molecule has 350 valence electrons. The average molecular weight is 883 g/mol. The number of rotatable bonds is 17. The second kappa shape index (κ2) is 19.7. The molecular weight excluding hydrogens is 809 g/mol. The van der Waals surface area contributed by atoms with Crippen LogP contribution in [-0.2, 0) is 64.0 Å². The highest BCUT2D eigenvalue weighted by molar-refractivity contribution is 5.78. The highest BCUT2D eigenvalue weighted by atomic mass is 17.2. The first kappa shape index (κ1) is 48.3. The summed E-state index contributed by atoms with van der Waals surface area (Å²) in [6, 6.07) is 20.9. The van der Waals surface area contributed by atoms with Crippen LogP contribution in [0.2, 0.25) is 0 Å². The number of ether oxygens (including phenoxy) is 2. The molecule has 0 aliphatic heterocycles. The molecule has 0 saturated heterocycles. The average Bonchev–Trinajstić information content (AvgIpc) is 3.27. The fourth-order valence-corrected chi connectivity index (χ4v) is 12.7. The Labute approximate surface area is 381 Å². The number of esters is 2. The number of fused-ring (bicyclic) bond motifs is 6. The quantitative estimate of drug-likeness (QED) is 0.0519. The predicted octanol–water partition coefficient (Wildman–Crippen LogP) is 10.5. The summed E-state index contributed by atoms with van der Waals surface area (Å²) >= 11 is 0. The summed E-state index contributed by atoms with van der Waals surface area (Å²) in [5, 5.41) is 31.9. The Bertz CT molecular complexity index is 2110. The molecule has 0 amide bonds. The van der Waals surface area contributed by atoms with Crippen LogP contribution in [-0.4, -0.2) is 59.4 Å². The second-order valence-electron chi connectivity index (χ2n) is 21.3. The van der Waals surface area contributed by atoms with E-state index >= 15 is 0 Å². The van der Waals surface area contributed by atoms with E-state index < -0.39 is 29.1 Å². The fourth-order valence-electron chi connectivity index (χ4n) is 12.7. The van der Waals surface area contributed by atoms with E-state index in [1.54, 1.807) is 24.3 Å². The van der Waals surface area contributed by atoms with E-state index in [2.05, 4.69) is 77.9 Å². The Kier molecular flexibility index (Phi) is 14.9. The SMILES string of the molecule is CC(C)c1ccc2c(c1)CCC1C(C)(C(=O)OCC(O)COOCc3ccccc3C(CC(O)COC(=O)C3(C)CCCC4(C)c5ccc(C(C)C)cc5CCC34)OO)CCCC21C. The molecule has 0 aromatic heterocycles. The van der Waals surface area contributed by atoms with Crippen LogP contribution in [0.5, 0.6) is 0 Å². The zero-order valence-electron chi connectivity index (χ0n) is 39.6. The van der Waals surface area contributed by atoms with Crippen LogP contribution < -0.4 is 0 Å². The Hall–Kier alpha value is -3.64. The maximum atomic E-state index is 13.9. The number of carbonyl (C=O) groups excluding carboxylic acids is 2. The van der Waals surface area contributed by atoms with Crippen LogP contribution in [0, 0.1) is 22.7 Å². The van der Waals surface area contributed by atoms with Gasteiger partial charge in [-0.2, -0.15) is 0 Å². The molecular formula is C54H74O10. The summed E-state index contributed by atoms with van der Waals surface area (Å²) in [4.78, 5) is 43.5. The van der Waals surface area contributed by atoms with Gasteiger partial charge in [0.15, 0.2) is 0 Å². The molecule has 7 rings (SSSR count). The third kappa shape index (κ3) is 9.47. The highest BCUT2D eigenvalue weighted by Gasteiger charge is 2.57. The van der Waals surface area contributed by atoms with Crippen molar-refractivity contribution in [3.63, 3.8) is 0 Å². The van der Waals surface area contributed by atoms with E-state index in [4.69, 9.17) is 24.1 Å². The van der Waals surface area contributed by atoms with Gasteiger partial charge in [0.2, 0.25) is 0 Å². The maximum Gasteiger partial charge on any atom is 0.312 e. The van der Waals surface area contributed by atoms with Crippen molar-refractivity contribution in [3.05, 3.63) is 105 Å². The first-order chi connectivity index (χ1) is 30.4. The molecule has 0 bridgehead atoms. The molecule has 10 nitrogen and oxygen atoms in total. The van der Waals surface area contributed by atoms with Crippen molar-refractivity contribution in [2.75, 3.05) is 19.8 Å². The maximum absolute atomic E-state index is 13.9. The van der Waals surface area contributed by atoms with Crippen LogP contribution in [0.4, 0.5) is 0 Å². The molecule has 4 aliphatic carbocycles. The van der Waals surface area contributed by atoms with Crippen molar-refractivity contribution in [2.24, 2.45) is 22.7 Å². The number of aryl methyl sites for hydroxylation is 2. The van der Waals surface area contributed by atoms with Crippen LogP contribution in [0.25, 0.3) is 0 Å². The van der Waals surface area contributed by atoms with Crippen LogP contribution in [0.3, 0.4) is 0 Å². The van der Waals surface area contributed by atoms with E-state index in [0.717, 1.165) is 64.2 Å². The third-order valence-corrected chi connectivity index (χ3v) is 16.4. The van der Waals surface area contributed by atoms with Crippen molar-refractivity contribution in [2.45, 2.75) is 174 Å². The van der Waals surface area contributed by atoms with Gasteiger partial charge < -0.3 is 19.7 Å². The second-order valence-corrected chi connectivity index (χ2v) is 21.3. The van der Waals surface area contributed by atoms with Gasteiger partial charge in [-0.05, 0) is 144 Å². The van der Waals surface area contributed by atoms with Gasteiger partial charge in [0.1, 0.15) is 38.6 Å². The number of benzene rings is 3. The fraction of sp³-hybridized carbons (Fsp3) is 0.630. The van der Waals surface area contributed by atoms with E-state index in [1.165, 1.54) is 33.4 Å². The van der Waals surface area contributed by atoms with Crippen molar-refractivity contribution >= 4 is 11.9 Å². The minimum absolute atomic E-state index is 0.0420. The molecule has 9 unspecified atom stereocenters. The normalized spacial score (nSPS) is 28.9. The molecule has 0 radical (unpaired) electrons. The van der Waals surface area contributed by atoms with E-state index in [0.29, 0.717) is 23.0 Å². The van der Waals surface area contributed by atoms with Gasteiger partial charge in [-0.15, -0.1) is 0 Å². The number of carbonyl (C=O) groups is 2. The molecule has 64 heavy (non-hydrogen) atoms. The minimum atomic E-state index is -1.11. The summed E-state index contributed by atoms with van der Waals surface area (Å²) in [6.07, 6.45) is 5.85. The first-order valence-electron chi connectivity index (χ1n) is 24.0. The zero-order chi connectivity index (χ0) is 46.0. The molecule has 0 spiro atoms. The van der Waals surface area contributed by atoms with Gasteiger partial charge in [0.05, 0.1) is 16.9 Å². The lowest BCUT2D eigenvalue weighted by atomic mass is 9.49. The lowest BCUT2D eigenvalue weighted by Crippen LogP contribution is -2.53. The van der Waals surface area contributed by atoms with Gasteiger partial charge in [-0.1, -0.05) is 115 Å². The molecule has 3 N–H and O–H groups in total. The largest absolute Gasteiger partial charge is 0.463 e. The summed E-state index contributed by atoms with van der Waals surface area (Å²) in [7, 11) is 0. The van der Waals surface area contributed by atoms with Gasteiger partial charge in [0, 0.05) is 6.42 Å². The lowest BCUT2D eigenvalue weighted by molar-refractivity contribution is -0.316. The molecule has 2 fully saturated rings. The third-order valence-electron chi connectivity index (χ3n) is 16.4. The number of hydrogen-bond donors (Lipinski definition) is 3. The molecule has 4 aliphatic rings. The molecule has 2 saturated carbocycles. The van der Waals surface area contributed by atoms with Gasteiger partial charge in [-0.3, -0.25) is 14.8 Å². The molecule has 10 heteroatoms. The van der Waals surface area contributed by atoms with E-state index in [1.807, 2.05) is 13.8 Å². The predicted molar refractivity (Wildman–Crippen MR) is 245 cm³/mol. The van der Waals surface area contributed by atoms with E-state index in [-0.39, 0.29) is 67.5 Å². The number of hydrogen-bond acceptors (Lipinski definition) is 10. The van der Waals surface area contributed by atoms with Gasteiger partial charge >= 0.3 is 11.9 Å². The van der Waals surface area contributed by atoms with Crippen LogP contribution in [0.15, 0.2) is 60.7 Å². The van der Waals surface area contributed by atoms with Crippen molar-refractivity contribution in [3.8, 4) is 0 Å². The summed E-state index contributed by atoms with van der Waals surface area (Å²) < 4.78 is 11.7. The van der Waals surface area contributed by atoms with Gasteiger partial charge in [-0.25, -0.2) is 14.7 Å². The molecule has 3 aromatic rings. The monoisotopic (exact) mass is 883 g/mol. The minimum Gasteiger partial charge on any atom is -0.463 e.